The molecule has 4 rings (SSSR count). The van der Waals surface area contributed by atoms with Crippen molar-refractivity contribution in [3.8, 4) is 5.75 Å². The predicted octanol–water partition coefficient (Wildman–Crippen LogP) is 4.95. The van der Waals surface area contributed by atoms with Crippen LogP contribution in [0.1, 0.15) is 36.0 Å². The number of nitrogens with zero attached hydrogens (tertiary/aromatic N) is 2. The first-order chi connectivity index (χ1) is 16.6. The molecule has 35 heavy (non-hydrogen) atoms. The number of hydrogen-bond donors (Lipinski definition) is 3. The predicted molar refractivity (Wildman–Crippen MR) is 135 cm³/mol. The first-order valence-electron chi connectivity index (χ1n) is 11.0. The molecule has 0 radical (unpaired) electrons. The average molecular weight is 519 g/mol. The Morgan fingerprint density at radius 1 is 1.17 bits per heavy atom. The maximum Gasteiger partial charge on any atom is 0.304 e. The maximum absolute atomic E-state index is 12.2. The van der Waals surface area contributed by atoms with E-state index in [9.17, 15) is 23.8 Å². The van der Waals surface area contributed by atoms with Gasteiger partial charge in [0.1, 0.15) is 16.7 Å². The van der Waals surface area contributed by atoms with Gasteiger partial charge in [-0.05, 0) is 47.9 Å². The fourth-order valence-corrected chi connectivity index (χ4v) is 6.06. The van der Waals surface area contributed by atoms with E-state index in [0.29, 0.717) is 32.4 Å². The van der Waals surface area contributed by atoms with Gasteiger partial charge in [0.2, 0.25) is 0 Å². The molecule has 1 aliphatic heterocycles. The van der Waals surface area contributed by atoms with Gasteiger partial charge in [-0.25, -0.2) is 0 Å². The first-order valence-corrected chi connectivity index (χ1v) is 12.9. The van der Waals surface area contributed by atoms with Gasteiger partial charge in [0, 0.05) is 36.8 Å². The SMILES string of the molecule is C[C@@H]1CN(Cc2cc(C(CC(=O)O)c3ccn(C)c(=O)c3)ccc2Cl)S(O)(O)c2ccccc2O1. The number of carboxylic acids is 1. The lowest BCUT2D eigenvalue weighted by Crippen LogP contribution is -2.33. The molecule has 0 bridgehead atoms. The van der Waals surface area contributed by atoms with E-state index in [1.54, 1.807) is 66.1 Å². The van der Waals surface area contributed by atoms with E-state index in [0.717, 1.165) is 0 Å². The van der Waals surface area contributed by atoms with Crippen molar-refractivity contribution in [1.29, 1.82) is 0 Å². The molecule has 2 atom stereocenters. The monoisotopic (exact) mass is 518 g/mol. The summed E-state index contributed by atoms with van der Waals surface area (Å²) in [4.78, 5) is 24.2. The first kappa shape index (κ1) is 25.3. The molecule has 186 valence electrons. The topological polar surface area (TPSA) is 112 Å². The van der Waals surface area contributed by atoms with Crippen molar-refractivity contribution < 1.29 is 23.7 Å². The second-order valence-electron chi connectivity index (χ2n) is 8.63. The van der Waals surface area contributed by atoms with Crippen LogP contribution in [-0.4, -0.2) is 41.7 Å². The molecule has 2 heterocycles. The van der Waals surface area contributed by atoms with Gasteiger partial charge in [-0.3, -0.25) is 18.7 Å². The van der Waals surface area contributed by atoms with Crippen molar-refractivity contribution in [2.75, 3.05) is 6.54 Å². The van der Waals surface area contributed by atoms with E-state index < -0.39 is 22.7 Å². The Hall–Kier alpha value is -2.82. The molecular formula is C25H27ClN2O6S. The molecule has 0 saturated carbocycles. The van der Waals surface area contributed by atoms with Gasteiger partial charge >= 0.3 is 5.97 Å². The van der Waals surface area contributed by atoms with E-state index in [1.807, 2.05) is 6.92 Å². The standard InChI is InChI=1S/C25H27ClN2O6S/c1-16-14-28(35(32,33)23-6-4-3-5-22(23)34-16)15-19-11-17(7-8-21(19)26)20(13-25(30)31)18-9-10-27(2)24(29)12-18/h3-12,16,20,32-33H,13-15H2,1-2H3,(H,30,31)/t16-,20?/m1/s1. The third kappa shape index (κ3) is 5.39. The lowest BCUT2D eigenvalue weighted by Gasteiger charge is -2.41. The molecule has 3 aromatic rings. The number of benzene rings is 2. The molecule has 0 saturated heterocycles. The number of ether oxygens (including phenoxy) is 1. The number of aryl methyl sites for hydroxylation is 1. The zero-order chi connectivity index (χ0) is 25.3. The molecule has 8 nitrogen and oxygen atoms in total. The number of aliphatic carboxylic acids is 1. The number of carbonyl (C=O) groups is 1. The summed E-state index contributed by atoms with van der Waals surface area (Å²) >= 11 is 6.51. The minimum atomic E-state index is -3.37. The van der Waals surface area contributed by atoms with Crippen LogP contribution in [0.4, 0.5) is 0 Å². The van der Waals surface area contributed by atoms with Crippen LogP contribution in [0.5, 0.6) is 5.75 Å². The maximum atomic E-state index is 12.2. The Labute approximate surface area is 209 Å². The number of carboxylic acid groups (broad SMARTS) is 1. The van der Waals surface area contributed by atoms with Crippen LogP contribution in [0.15, 0.2) is 70.5 Å². The van der Waals surface area contributed by atoms with Crippen molar-refractivity contribution in [2.24, 2.45) is 7.05 Å². The van der Waals surface area contributed by atoms with Crippen LogP contribution in [-0.2, 0) is 18.4 Å². The minimum Gasteiger partial charge on any atom is -0.487 e. The van der Waals surface area contributed by atoms with Crippen LogP contribution in [0.2, 0.25) is 5.02 Å². The second-order valence-corrected chi connectivity index (χ2v) is 11.0. The van der Waals surface area contributed by atoms with Crippen molar-refractivity contribution in [2.45, 2.75) is 36.8 Å². The Balaban J connectivity index is 1.72. The third-order valence-electron chi connectivity index (χ3n) is 6.02. The number of hydrogen-bond acceptors (Lipinski definition) is 6. The van der Waals surface area contributed by atoms with Crippen LogP contribution in [0.3, 0.4) is 0 Å². The highest BCUT2D eigenvalue weighted by atomic mass is 35.5. The number of rotatable bonds is 6. The molecule has 1 aromatic heterocycles. The van der Waals surface area contributed by atoms with E-state index in [-0.39, 0.29) is 31.2 Å². The van der Waals surface area contributed by atoms with Gasteiger partial charge in [0.25, 0.3) is 5.56 Å². The number of aromatic nitrogens is 1. The fraction of sp³-hybridized carbons (Fsp3) is 0.280. The lowest BCUT2D eigenvalue weighted by molar-refractivity contribution is -0.137. The highest BCUT2D eigenvalue weighted by molar-refractivity contribution is 8.22. The number of fused-ring (bicyclic) bond motifs is 1. The highest BCUT2D eigenvalue weighted by Crippen LogP contribution is 2.57. The zero-order valence-corrected chi connectivity index (χ0v) is 20.9. The van der Waals surface area contributed by atoms with Gasteiger partial charge in [0.15, 0.2) is 0 Å². The van der Waals surface area contributed by atoms with Crippen molar-refractivity contribution in [3.63, 3.8) is 0 Å². The van der Waals surface area contributed by atoms with Crippen LogP contribution in [0, 0.1) is 0 Å². The Bertz CT molecular complexity index is 1310. The smallest absolute Gasteiger partial charge is 0.304 e. The molecule has 1 aliphatic rings. The van der Waals surface area contributed by atoms with Crippen LogP contribution < -0.4 is 10.3 Å². The summed E-state index contributed by atoms with van der Waals surface area (Å²) < 4.78 is 31.3. The minimum absolute atomic E-state index is 0.105. The zero-order valence-electron chi connectivity index (χ0n) is 19.3. The van der Waals surface area contributed by atoms with Crippen LogP contribution in [0.25, 0.3) is 0 Å². The molecule has 0 fully saturated rings. The van der Waals surface area contributed by atoms with Gasteiger partial charge < -0.3 is 14.4 Å². The van der Waals surface area contributed by atoms with Gasteiger partial charge in [-0.1, -0.05) is 35.9 Å². The molecule has 0 aliphatic carbocycles. The Morgan fingerprint density at radius 2 is 1.89 bits per heavy atom. The molecular weight excluding hydrogens is 492 g/mol. The van der Waals surface area contributed by atoms with Crippen molar-refractivity contribution in [3.05, 3.63) is 92.9 Å². The summed E-state index contributed by atoms with van der Waals surface area (Å²) in [6.07, 6.45) is 1.08. The van der Waals surface area contributed by atoms with Crippen LogP contribution >= 0.6 is 22.4 Å². The van der Waals surface area contributed by atoms with E-state index in [4.69, 9.17) is 16.3 Å². The van der Waals surface area contributed by atoms with Gasteiger partial charge in [0.05, 0.1) is 13.0 Å². The number of pyridine rings is 1. The van der Waals surface area contributed by atoms with E-state index in [1.165, 1.54) is 10.6 Å². The number of para-hydroxylation sites is 1. The van der Waals surface area contributed by atoms with Crippen molar-refractivity contribution >= 4 is 28.3 Å². The Morgan fingerprint density at radius 3 is 2.60 bits per heavy atom. The molecule has 0 spiro atoms. The molecule has 3 N–H and O–H groups in total. The third-order valence-corrected chi connectivity index (χ3v) is 8.32. The largest absolute Gasteiger partial charge is 0.487 e. The summed E-state index contributed by atoms with van der Waals surface area (Å²) in [7, 11) is -1.74. The lowest BCUT2D eigenvalue weighted by atomic mass is 9.88. The summed E-state index contributed by atoms with van der Waals surface area (Å²) in [5.74, 6) is -1.16. The Kier molecular flexibility index (Phi) is 7.25. The highest BCUT2D eigenvalue weighted by Gasteiger charge is 2.34. The normalized spacial score (nSPS) is 19.2. The van der Waals surface area contributed by atoms with E-state index >= 15 is 0 Å². The summed E-state index contributed by atoms with van der Waals surface area (Å²) in [5.41, 5.74) is 1.61. The van der Waals surface area contributed by atoms with Gasteiger partial charge in [-0.15, -0.1) is 10.8 Å². The summed E-state index contributed by atoms with van der Waals surface area (Å²) in [5, 5.41) is 9.95. The van der Waals surface area contributed by atoms with Gasteiger partial charge in [-0.2, -0.15) is 4.31 Å². The fourth-order valence-electron chi connectivity index (χ4n) is 4.22. The average Bonchev–Trinajstić information content (AvgIpc) is 2.89. The second kappa shape index (κ2) is 10.0. The van der Waals surface area contributed by atoms with E-state index in [2.05, 4.69) is 0 Å². The molecule has 1 unspecified atom stereocenters. The summed E-state index contributed by atoms with van der Waals surface area (Å²) in [6.45, 7) is 2.19. The molecule has 2 aromatic carbocycles. The quantitative estimate of drug-likeness (QED) is 0.423. The summed E-state index contributed by atoms with van der Waals surface area (Å²) in [6, 6.07) is 15.2. The molecule has 0 amide bonds. The van der Waals surface area contributed by atoms with Crippen molar-refractivity contribution in [1.82, 2.24) is 8.87 Å². The number of halogens is 1. The molecule has 10 heteroatoms.